The maximum absolute atomic E-state index is 11.6. The average Bonchev–Trinajstić information content (AvgIpc) is 2.29. The lowest BCUT2D eigenvalue weighted by Gasteiger charge is -2.14. The highest BCUT2D eigenvalue weighted by atomic mass is 16.1. The summed E-state index contributed by atoms with van der Waals surface area (Å²) in [5, 5.41) is 0. The van der Waals surface area contributed by atoms with Gasteiger partial charge in [-0.2, -0.15) is 0 Å². The van der Waals surface area contributed by atoms with Gasteiger partial charge in [0.1, 0.15) is 0 Å². The van der Waals surface area contributed by atoms with E-state index in [1.54, 1.807) is 5.57 Å². The molecule has 0 aliphatic heterocycles. The number of allylic oxidation sites excluding steroid dienone is 4. The molecule has 0 aromatic heterocycles. The van der Waals surface area contributed by atoms with E-state index in [-0.39, 0.29) is 0 Å². The maximum atomic E-state index is 11.6. The molecular weight excluding hydrogens is 184 g/mol. The number of carbonyl (C=O) groups is 1. The van der Waals surface area contributed by atoms with E-state index in [0.717, 1.165) is 31.3 Å². The fourth-order valence-electron chi connectivity index (χ4n) is 2.47. The summed E-state index contributed by atoms with van der Waals surface area (Å²) in [7, 11) is 0. The van der Waals surface area contributed by atoms with Gasteiger partial charge < -0.3 is 0 Å². The Balaban J connectivity index is 1.90. The number of rotatable bonds is 2. The Labute approximate surface area is 92.3 Å². The Kier molecular flexibility index (Phi) is 3.76. The van der Waals surface area contributed by atoms with Crippen LogP contribution in [-0.4, -0.2) is 5.78 Å². The van der Waals surface area contributed by atoms with Crippen LogP contribution in [0.1, 0.15) is 57.8 Å². The molecule has 0 N–H and O–H groups in total. The van der Waals surface area contributed by atoms with Crippen LogP contribution in [0.2, 0.25) is 0 Å². The highest BCUT2D eigenvalue weighted by Crippen LogP contribution is 2.25. The molecule has 1 saturated carbocycles. The summed E-state index contributed by atoms with van der Waals surface area (Å²) in [6, 6.07) is 0. The molecule has 0 aromatic carbocycles. The normalized spacial score (nSPS) is 22.5. The van der Waals surface area contributed by atoms with Gasteiger partial charge >= 0.3 is 0 Å². The first-order chi connectivity index (χ1) is 7.36. The summed E-state index contributed by atoms with van der Waals surface area (Å²) in [5.74, 6) is 0.383. The second kappa shape index (κ2) is 5.29. The molecule has 0 heterocycles. The van der Waals surface area contributed by atoms with Crippen LogP contribution in [0.5, 0.6) is 0 Å². The maximum Gasteiger partial charge on any atom is 0.158 e. The van der Waals surface area contributed by atoms with E-state index in [0.29, 0.717) is 5.78 Å². The van der Waals surface area contributed by atoms with Gasteiger partial charge in [-0.15, -0.1) is 0 Å². The zero-order valence-electron chi connectivity index (χ0n) is 9.43. The van der Waals surface area contributed by atoms with Crippen LogP contribution in [0.3, 0.4) is 0 Å². The molecule has 1 fully saturated rings. The molecule has 0 saturated heterocycles. The smallest absolute Gasteiger partial charge is 0.158 e. The lowest BCUT2D eigenvalue weighted by Crippen LogP contribution is -2.06. The minimum Gasteiger partial charge on any atom is -0.295 e. The van der Waals surface area contributed by atoms with Crippen molar-refractivity contribution in [1.82, 2.24) is 0 Å². The van der Waals surface area contributed by atoms with Crippen LogP contribution < -0.4 is 0 Å². The monoisotopic (exact) mass is 204 g/mol. The number of hydrogen-bond acceptors (Lipinski definition) is 1. The van der Waals surface area contributed by atoms with Crippen LogP contribution in [-0.2, 0) is 4.79 Å². The van der Waals surface area contributed by atoms with Gasteiger partial charge in [0, 0.05) is 6.42 Å². The van der Waals surface area contributed by atoms with Crippen molar-refractivity contribution in [3.63, 3.8) is 0 Å². The Morgan fingerprint density at radius 3 is 2.60 bits per heavy atom. The van der Waals surface area contributed by atoms with Crippen LogP contribution in [0, 0.1) is 0 Å². The van der Waals surface area contributed by atoms with Gasteiger partial charge in [0.25, 0.3) is 0 Å². The summed E-state index contributed by atoms with van der Waals surface area (Å²) in [6.45, 7) is 0. The Hall–Kier alpha value is -0.850. The first-order valence-corrected chi connectivity index (χ1v) is 6.26. The molecule has 0 aromatic rings. The molecule has 2 aliphatic carbocycles. The van der Waals surface area contributed by atoms with E-state index in [4.69, 9.17) is 0 Å². The topological polar surface area (TPSA) is 17.1 Å². The van der Waals surface area contributed by atoms with E-state index in [1.165, 1.54) is 32.1 Å². The molecule has 0 amide bonds. The van der Waals surface area contributed by atoms with Gasteiger partial charge in [-0.05, 0) is 50.5 Å². The van der Waals surface area contributed by atoms with Gasteiger partial charge in [-0.1, -0.05) is 24.1 Å². The second-order valence-corrected chi connectivity index (χ2v) is 4.67. The Morgan fingerprint density at radius 2 is 1.87 bits per heavy atom. The van der Waals surface area contributed by atoms with E-state index in [2.05, 4.69) is 12.2 Å². The lowest BCUT2D eigenvalue weighted by molar-refractivity contribution is -0.116. The summed E-state index contributed by atoms with van der Waals surface area (Å²) in [4.78, 5) is 11.6. The standard InChI is InChI=1S/C14H20O/c15-14-9-5-4-8-13(14)11-10-12-6-2-1-3-7-12/h8,10H,1-7,9,11H2. The van der Waals surface area contributed by atoms with Crippen LogP contribution >= 0.6 is 0 Å². The quantitative estimate of drug-likeness (QED) is 0.622. The van der Waals surface area contributed by atoms with Gasteiger partial charge in [-0.3, -0.25) is 4.79 Å². The van der Waals surface area contributed by atoms with Crippen molar-refractivity contribution in [3.05, 3.63) is 23.3 Å². The van der Waals surface area contributed by atoms with E-state index >= 15 is 0 Å². The molecule has 1 heteroatoms. The summed E-state index contributed by atoms with van der Waals surface area (Å²) >= 11 is 0. The van der Waals surface area contributed by atoms with Crippen molar-refractivity contribution in [1.29, 1.82) is 0 Å². The average molecular weight is 204 g/mol. The zero-order chi connectivity index (χ0) is 10.5. The molecule has 15 heavy (non-hydrogen) atoms. The lowest BCUT2D eigenvalue weighted by atomic mass is 9.91. The van der Waals surface area contributed by atoms with Crippen LogP contribution in [0.25, 0.3) is 0 Å². The first-order valence-electron chi connectivity index (χ1n) is 6.26. The molecule has 0 atom stereocenters. The minimum absolute atomic E-state index is 0.383. The Morgan fingerprint density at radius 1 is 1.07 bits per heavy atom. The fourth-order valence-corrected chi connectivity index (χ4v) is 2.47. The van der Waals surface area contributed by atoms with Crippen LogP contribution in [0.4, 0.5) is 0 Å². The molecule has 0 radical (unpaired) electrons. The molecule has 0 bridgehead atoms. The van der Waals surface area contributed by atoms with Crippen molar-refractivity contribution >= 4 is 5.78 Å². The molecule has 2 rings (SSSR count). The summed E-state index contributed by atoms with van der Waals surface area (Å²) < 4.78 is 0. The molecule has 0 unspecified atom stereocenters. The van der Waals surface area contributed by atoms with Crippen molar-refractivity contribution in [3.8, 4) is 0 Å². The van der Waals surface area contributed by atoms with E-state index in [1.807, 2.05) is 0 Å². The predicted molar refractivity (Wildman–Crippen MR) is 62.7 cm³/mol. The molecule has 1 nitrogen and oxygen atoms in total. The summed E-state index contributed by atoms with van der Waals surface area (Å²) in [6.07, 6.45) is 14.9. The van der Waals surface area contributed by atoms with E-state index < -0.39 is 0 Å². The zero-order valence-corrected chi connectivity index (χ0v) is 9.43. The molecular formula is C14H20O. The second-order valence-electron chi connectivity index (χ2n) is 4.67. The van der Waals surface area contributed by atoms with Crippen molar-refractivity contribution in [2.24, 2.45) is 0 Å². The molecule has 2 aliphatic rings. The third-order valence-corrected chi connectivity index (χ3v) is 3.46. The number of carbonyl (C=O) groups excluding carboxylic acids is 1. The summed E-state index contributed by atoms with van der Waals surface area (Å²) in [5.41, 5.74) is 2.65. The van der Waals surface area contributed by atoms with E-state index in [9.17, 15) is 4.79 Å². The molecule has 0 spiro atoms. The first kappa shape index (κ1) is 10.7. The third-order valence-electron chi connectivity index (χ3n) is 3.46. The number of hydrogen-bond donors (Lipinski definition) is 0. The van der Waals surface area contributed by atoms with Crippen molar-refractivity contribution in [2.45, 2.75) is 57.8 Å². The Bertz CT molecular complexity index is 288. The fraction of sp³-hybridized carbons (Fsp3) is 0.643. The third kappa shape index (κ3) is 3.05. The largest absolute Gasteiger partial charge is 0.295 e. The van der Waals surface area contributed by atoms with Crippen LogP contribution in [0.15, 0.2) is 23.3 Å². The van der Waals surface area contributed by atoms with Crippen molar-refractivity contribution < 1.29 is 4.79 Å². The molecule has 82 valence electrons. The highest BCUT2D eigenvalue weighted by molar-refractivity contribution is 5.96. The minimum atomic E-state index is 0.383. The predicted octanol–water partition coefficient (Wildman–Crippen LogP) is 3.95. The van der Waals surface area contributed by atoms with Gasteiger partial charge in [0.2, 0.25) is 0 Å². The van der Waals surface area contributed by atoms with Gasteiger partial charge in [0.05, 0.1) is 0 Å². The SMILES string of the molecule is O=C1CCCC=C1CC=C1CCCCC1. The van der Waals surface area contributed by atoms with Crippen molar-refractivity contribution in [2.75, 3.05) is 0 Å². The highest BCUT2D eigenvalue weighted by Gasteiger charge is 2.12. The van der Waals surface area contributed by atoms with Gasteiger partial charge in [0.15, 0.2) is 5.78 Å². The number of Topliss-reactive ketones (excluding diaryl/α,β-unsaturated/α-hetero) is 1. The number of ketones is 1. The van der Waals surface area contributed by atoms with Gasteiger partial charge in [-0.25, -0.2) is 0 Å².